The first-order valence-corrected chi connectivity index (χ1v) is 17.6. The van der Waals surface area contributed by atoms with Crippen molar-refractivity contribution in [3.63, 3.8) is 0 Å². The van der Waals surface area contributed by atoms with Crippen molar-refractivity contribution in [2.24, 2.45) is 5.92 Å². The molecule has 3 atom stereocenters. The van der Waals surface area contributed by atoms with Gasteiger partial charge in [0.15, 0.2) is 0 Å². The summed E-state index contributed by atoms with van der Waals surface area (Å²) in [6, 6.07) is 14.4. The van der Waals surface area contributed by atoms with Crippen LogP contribution < -0.4 is 0 Å². The lowest BCUT2D eigenvalue weighted by Crippen LogP contribution is -2.22. The van der Waals surface area contributed by atoms with E-state index < -0.39 is 8.07 Å². The Morgan fingerprint density at radius 2 is 2.00 bits per heavy atom. The average Bonchev–Trinajstić information content (AvgIpc) is 3.70. The summed E-state index contributed by atoms with van der Waals surface area (Å²) in [5, 5.41) is 15.2. The first-order valence-electron chi connectivity index (χ1n) is 13.9. The summed E-state index contributed by atoms with van der Waals surface area (Å²) in [5.41, 5.74) is 3.05. The van der Waals surface area contributed by atoms with Crippen LogP contribution in [0.3, 0.4) is 0 Å². The lowest BCUT2D eigenvalue weighted by molar-refractivity contribution is 0.0302. The molecular formula is C30H36N6O3Si. The average molecular weight is 557 g/mol. The SMILES string of the molecule is C[Si](C)(C)CCOCn1ccc2c(-c3cnn(C(CC#N)[C@H]4CC[C@H](OC(=O)c5ccccc5)C4)c3)ncnc21. The zero-order valence-electron chi connectivity index (χ0n) is 23.4. The maximum Gasteiger partial charge on any atom is 0.338 e. The van der Waals surface area contributed by atoms with Gasteiger partial charge in [0.25, 0.3) is 0 Å². The number of aromatic nitrogens is 5. The molecule has 0 bridgehead atoms. The molecule has 0 radical (unpaired) electrons. The molecule has 208 valence electrons. The monoisotopic (exact) mass is 556 g/mol. The van der Waals surface area contributed by atoms with E-state index in [1.165, 1.54) is 0 Å². The number of benzene rings is 1. The van der Waals surface area contributed by atoms with E-state index in [4.69, 9.17) is 9.47 Å². The van der Waals surface area contributed by atoms with Crippen LogP contribution in [0.1, 0.15) is 42.1 Å². The fourth-order valence-corrected chi connectivity index (χ4v) is 6.07. The van der Waals surface area contributed by atoms with E-state index in [2.05, 4.69) is 40.8 Å². The fraction of sp³-hybridized carbons (Fsp3) is 0.433. The van der Waals surface area contributed by atoms with Crippen molar-refractivity contribution in [2.75, 3.05) is 6.61 Å². The maximum atomic E-state index is 12.5. The number of nitriles is 1. The molecule has 0 saturated heterocycles. The molecule has 3 heterocycles. The summed E-state index contributed by atoms with van der Waals surface area (Å²) >= 11 is 0. The molecule has 4 aromatic rings. The minimum Gasteiger partial charge on any atom is -0.459 e. The van der Waals surface area contributed by atoms with E-state index in [0.717, 1.165) is 47.8 Å². The lowest BCUT2D eigenvalue weighted by Gasteiger charge is -2.22. The van der Waals surface area contributed by atoms with Crippen LogP contribution in [0.15, 0.2) is 61.3 Å². The lowest BCUT2D eigenvalue weighted by atomic mass is 9.96. The van der Waals surface area contributed by atoms with Crippen LogP contribution in [-0.4, -0.2) is 51.1 Å². The van der Waals surface area contributed by atoms with Gasteiger partial charge in [-0.2, -0.15) is 10.4 Å². The summed E-state index contributed by atoms with van der Waals surface area (Å²) in [6.45, 7) is 8.22. The Balaban J connectivity index is 1.28. The van der Waals surface area contributed by atoms with E-state index >= 15 is 0 Å². The highest BCUT2D eigenvalue weighted by atomic mass is 28.3. The molecule has 3 aromatic heterocycles. The number of rotatable bonds is 11. The predicted molar refractivity (Wildman–Crippen MR) is 155 cm³/mol. The van der Waals surface area contributed by atoms with Crippen molar-refractivity contribution in [3.05, 3.63) is 66.9 Å². The third-order valence-corrected chi connectivity index (χ3v) is 9.25. The second kappa shape index (κ2) is 12.1. The number of esters is 1. The molecular weight excluding hydrogens is 520 g/mol. The largest absolute Gasteiger partial charge is 0.459 e. The van der Waals surface area contributed by atoms with Crippen molar-refractivity contribution in [1.82, 2.24) is 24.3 Å². The van der Waals surface area contributed by atoms with Crippen LogP contribution in [0.5, 0.6) is 0 Å². The number of nitrogens with zero attached hydrogens (tertiary/aromatic N) is 6. The molecule has 1 fully saturated rings. The summed E-state index contributed by atoms with van der Waals surface area (Å²) in [7, 11) is -1.15. The standard InChI is InChI=1S/C30H36N6O3Si/c1-40(2,3)16-15-38-21-35-14-12-26-28(32-20-33-29(26)35)24-18-34-36(19-24)27(11-13-31)23-9-10-25(17-23)39-30(37)22-7-5-4-6-8-22/h4-8,12,14,18-20,23,25,27H,9-11,15-17,21H2,1-3H3/t23-,25-,27?/m0/s1. The zero-order valence-corrected chi connectivity index (χ0v) is 24.4. The van der Waals surface area contributed by atoms with Crippen LogP contribution in [0, 0.1) is 17.2 Å². The quantitative estimate of drug-likeness (QED) is 0.125. The number of carbonyl (C=O) groups excluding carboxylic acids is 1. The summed E-state index contributed by atoms with van der Waals surface area (Å²) in [4.78, 5) is 21.6. The Hall–Kier alpha value is -3.81. The van der Waals surface area contributed by atoms with Gasteiger partial charge in [-0.15, -0.1) is 0 Å². The van der Waals surface area contributed by atoms with Crippen LogP contribution in [-0.2, 0) is 16.2 Å². The number of fused-ring (bicyclic) bond motifs is 1. The first-order chi connectivity index (χ1) is 19.3. The van der Waals surface area contributed by atoms with E-state index in [1.54, 1.807) is 24.7 Å². The molecule has 40 heavy (non-hydrogen) atoms. The molecule has 1 aromatic carbocycles. The van der Waals surface area contributed by atoms with Gasteiger partial charge in [0.1, 0.15) is 24.8 Å². The maximum absolute atomic E-state index is 12.5. The van der Waals surface area contributed by atoms with Crippen molar-refractivity contribution < 1.29 is 14.3 Å². The number of hydrogen-bond donors (Lipinski definition) is 0. The van der Waals surface area contributed by atoms with E-state index in [-0.39, 0.29) is 24.0 Å². The van der Waals surface area contributed by atoms with Gasteiger partial charge in [-0.05, 0) is 49.4 Å². The van der Waals surface area contributed by atoms with Crippen molar-refractivity contribution in [2.45, 2.75) is 70.2 Å². The van der Waals surface area contributed by atoms with Crippen LogP contribution in [0.25, 0.3) is 22.3 Å². The van der Waals surface area contributed by atoms with Gasteiger partial charge in [-0.25, -0.2) is 14.8 Å². The highest BCUT2D eigenvalue weighted by Crippen LogP contribution is 2.38. The highest BCUT2D eigenvalue weighted by molar-refractivity contribution is 6.76. The Morgan fingerprint density at radius 1 is 1.18 bits per heavy atom. The van der Waals surface area contributed by atoms with Crippen molar-refractivity contribution >= 4 is 25.1 Å². The van der Waals surface area contributed by atoms with Crippen LogP contribution in [0.4, 0.5) is 0 Å². The van der Waals surface area contributed by atoms with Gasteiger partial charge >= 0.3 is 5.97 Å². The Kier molecular flexibility index (Phi) is 8.42. The molecule has 0 aliphatic heterocycles. The molecule has 9 nitrogen and oxygen atoms in total. The van der Waals surface area contributed by atoms with Gasteiger partial charge in [-0.3, -0.25) is 4.68 Å². The number of hydrogen-bond acceptors (Lipinski definition) is 7. The third-order valence-electron chi connectivity index (χ3n) is 7.55. The van der Waals surface area contributed by atoms with E-state index in [0.29, 0.717) is 25.1 Å². The van der Waals surface area contributed by atoms with Crippen molar-refractivity contribution in [1.29, 1.82) is 5.26 Å². The molecule has 1 saturated carbocycles. The molecule has 1 aliphatic rings. The summed E-state index contributed by atoms with van der Waals surface area (Å²) in [5.74, 6) is -0.119. The molecule has 1 aliphatic carbocycles. The molecule has 0 amide bonds. The minimum absolute atomic E-state index is 0.110. The Labute approximate surface area is 235 Å². The topological polar surface area (TPSA) is 108 Å². The zero-order chi connectivity index (χ0) is 28.1. The summed E-state index contributed by atoms with van der Waals surface area (Å²) in [6.07, 6.45) is 9.84. The van der Waals surface area contributed by atoms with E-state index in [9.17, 15) is 10.1 Å². The van der Waals surface area contributed by atoms with Gasteiger partial charge < -0.3 is 14.0 Å². The molecule has 1 unspecified atom stereocenters. The summed E-state index contributed by atoms with van der Waals surface area (Å²) < 4.78 is 15.6. The highest BCUT2D eigenvalue weighted by Gasteiger charge is 2.34. The fourth-order valence-electron chi connectivity index (χ4n) is 5.31. The van der Waals surface area contributed by atoms with Crippen molar-refractivity contribution in [3.8, 4) is 17.3 Å². The number of carbonyl (C=O) groups is 1. The van der Waals surface area contributed by atoms with Gasteiger partial charge in [0, 0.05) is 38.0 Å². The van der Waals surface area contributed by atoms with Gasteiger partial charge in [0.2, 0.25) is 0 Å². The van der Waals surface area contributed by atoms with Gasteiger partial charge in [-0.1, -0.05) is 37.8 Å². The number of ether oxygens (including phenoxy) is 2. The van der Waals surface area contributed by atoms with Crippen LogP contribution >= 0.6 is 0 Å². The molecule has 10 heteroatoms. The first kappa shape index (κ1) is 27.7. The Morgan fingerprint density at radius 3 is 2.77 bits per heavy atom. The molecule has 0 spiro atoms. The second-order valence-electron chi connectivity index (χ2n) is 11.7. The normalized spacial score (nSPS) is 18.1. The minimum atomic E-state index is -1.15. The van der Waals surface area contributed by atoms with Gasteiger partial charge in [0.05, 0.1) is 36.0 Å². The molecule has 5 rings (SSSR count). The third kappa shape index (κ3) is 6.49. The second-order valence-corrected chi connectivity index (χ2v) is 17.3. The molecule has 0 N–H and O–H groups in total. The Bertz CT molecular complexity index is 1490. The van der Waals surface area contributed by atoms with E-state index in [1.807, 2.05) is 45.9 Å². The predicted octanol–water partition coefficient (Wildman–Crippen LogP) is 6.09. The van der Waals surface area contributed by atoms with Crippen LogP contribution in [0.2, 0.25) is 25.7 Å². The smallest absolute Gasteiger partial charge is 0.338 e.